The Labute approximate surface area is 103 Å². The Kier molecular flexibility index (Phi) is 4.23. The fourth-order valence-corrected chi connectivity index (χ4v) is 2.68. The van der Waals surface area contributed by atoms with E-state index in [1.807, 2.05) is 0 Å². The minimum Gasteiger partial charge on any atom is -0.300 e. The highest BCUT2D eigenvalue weighted by molar-refractivity contribution is 9.10. The number of carbonyl (C=O) groups is 1. The second-order valence-corrected chi connectivity index (χ2v) is 6.11. The number of halogens is 1. The highest BCUT2D eigenvalue weighted by Crippen LogP contribution is 2.21. The van der Waals surface area contributed by atoms with Crippen molar-refractivity contribution in [3.05, 3.63) is 28.2 Å². The van der Waals surface area contributed by atoms with Gasteiger partial charge in [-0.25, -0.2) is 13.1 Å². The first-order valence-corrected chi connectivity index (χ1v) is 6.86. The van der Waals surface area contributed by atoms with Gasteiger partial charge in [0.15, 0.2) is 0 Å². The molecule has 0 unspecified atom stereocenters. The van der Waals surface area contributed by atoms with Gasteiger partial charge in [0.25, 0.3) is 0 Å². The van der Waals surface area contributed by atoms with E-state index >= 15 is 0 Å². The summed E-state index contributed by atoms with van der Waals surface area (Å²) in [5.41, 5.74) is 0.497. The number of rotatable bonds is 4. The van der Waals surface area contributed by atoms with Gasteiger partial charge in [-0.3, -0.25) is 4.79 Å². The summed E-state index contributed by atoms with van der Waals surface area (Å²) >= 11 is 3.25. The average molecular weight is 306 g/mol. The maximum absolute atomic E-state index is 11.7. The molecule has 0 aliphatic carbocycles. The molecular formula is C10H12BrNO3S. The van der Waals surface area contributed by atoms with Gasteiger partial charge in [-0.1, -0.05) is 15.9 Å². The van der Waals surface area contributed by atoms with Gasteiger partial charge in [0.2, 0.25) is 10.0 Å². The Morgan fingerprint density at radius 1 is 1.44 bits per heavy atom. The molecule has 0 spiro atoms. The summed E-state index contributed by atoms with van der Waals surface area (Å²) in [7, 11) is -2.17. The van der Waals surface area contributed by atoms with E-state index in [0.29, 0.717) is 5.56 Å². The molecule has 4 nitrogen and oxygen atoms in total. The maximum atomic E-state index is 11.7. The summed E-state index contributed by atoms with van der Waals surface area (Å²) in [4.78, 5) is 11.2. The molecule has 0 bridgehead atoms. The molecule has 0 atom stereocenters. The number of carbonyl (C=O) groups excluding carboxylic acids is 1. The smallest absolute Gasteiger partial charge is 0.240 e. The normalized spacial score (nSPS) is 11.4. The zero-order valence-electron chi connectivity index (χ0n) is 8.95. The molecule has 1 aromatic rings. The van der Waals surface area contributed by atoms with Gasteiger partial charge in [-0.05, 0) is 37.7 Å². The van der Waals surface area contributed by atoms with Crippen LogP contribution >= 0.6 is 15.9 Å². The fraction of sp³-hybridized carbons (Fsp3) is 0.300. The van der Waals surface area contributed by atoms with Crippen LogP contribution in [0.2, 0.25) is 0 Å². The van der Waals surface area contributed by atoms with Gasteiger partial charge >= 0.3 is 0 Å². The van der Waals surface area contributed by atoms with E-state index in [-0.39, 0.29) is 17.1 Å². The minimum absolute atomic E-state index is 0.0781. The summed E-state index contributed by atoms with van der Waals surface area (Å²) in [6.45, 7) is 1.43. The molecule has 6 heteroatoms. The number of nitrogens with one attached hydrogen (secondary N) is 1. The highest BCUT2D eigenvalue weighted by Gasteiger charge is 2.17. The zero-order valence-corrected chi connectivity index (χ0v) is 11.4. The van der Waals surface area contributed by atoms with Crippen molar-refractivity contribution >= 4 is 31.7 Å². The van der Waals surface area contributed by atoms with Gasteiger partial charge in [0.1, 0.15) is 5.78 Å². The van der Waals surface area contributed by atoms with Gasteiger partial charge in [-0.15, -0.1) is 0 Å². The number of sulfonamides is 1. The van der Waals surface area contributed by atoms with Crippen LogP contribution in [-0.4, -0.2) is 21.2 Å². The second-order valence-electron chi connectivity index (χ2n) is 3.34. The van der Waals surface area contributed by atoms with Crippen molar-refractivity contribution in [1.82, 2.24) is 4.72 Å². The van der Waals surface area contributed by atoms with E-state index in [9.17, 15) is 13.2 Å². The molecule has 0 aromatic heterocycles. The summed E-state index contributed by atoms with van der Waals surface area (Å²) in [6.07, 6.45) is 0.107. The minimum atomic E-state index is -3.51. The summed E-state index contributed by atoms with van der Waals surface area (Å²) in [5, 5.41) is 0. The molecule has 0 aliphatic heterocycles. The largest absolute Gasteiger partial charge is 0.300 e. The van der Waals surface area contributed by atoms with Gasteiger partial charge in [0.05, 0.1) is 4.90 Å². The molecule has 0 saturated heterocycles. The van der Waals surface area contributed by atoms with Crippen molar-refractivity contribution in [3.63, 3.8) is 0 Å². The van der Waals surface area contributed by atoms with Crippen molar-refractivity contribution < 1.29 is 13.2 Å². The molecule has 0 radical (unpaired) electrons. The van der Waals surface area contributed by atoms with Crippen molar-refractivity contribution in [2.75, 3.05) is 7.05 Å². The molecule has 16 heavy (non-hydrogen) atoms. The molecule has 0 amide bonds. The van der Waals surface area contributed by atoms with Crippen LogP contribution in [0.3, 0.4) is 0 Å². The number of benzene rings is 1. The standard InChI is InChI=1S/C10H12BrNO3S/c1-7(13)5-8-6-9(11)3-4-10(8)16(14,15)12-2/h3-4,6,12H,5H2,1-2H3. The SMILES string of the molecule is CNS(=O)(=O)c1ccc(Br)cc1CC(C)=O. The van der Waals surface area contributed by atoms with E-state index in [0.717, 1.165) is 4.47 Å². The summed E-state index contributed by atoms with van der Waals surface area (Å²) < 4.78 is 26.3. The van der Waals surface area contributed by atoms with Crippen molar-refractivity contribution in [1.29, 1.82) is 0 Å². The third kappa shape index (κ3) is 3.13. The van der Waals surface area contributed by atoms with E-state index in [2.05, 4.69) is 20.7 Å². The Bertz CT molecular complexity index is 511. The van der Waals surface area contributed by atoms with Crippen molar-refractivity contribution in [2.24, 2.45) is 0 Å². The topological polar surface area (TPSA) is 63.2 Å². The number of hydrogen-bond donors (Lipinski definition) is 1. The lowest BCUT2D eigenvalue weighted by Gasteiger charge is -2.08. The van der Waals surface area contributed by atoms with Gasteiger partial charge in [-0.2, -0.15) is 0 Å². The Hall–Kier alpha value is -0.720. The predicted molar refractivity (Wildman–Crippen MR) is 64.8 cm³/mol. The van der Waals surface area contributed by atoms with Crippen LogP contribution in [0.25, 0.3) is 0 Å². The molecular weight excluding hydrogens is 294 g/mol. The van der Waals surface area contributed by atoms with E-state index in [4.69, 9.17) is 0 Å². The molecule has 1 aromatic carbocycles. The first-order chi connectivity index (χ1) is 7.36. The molecule has 0 fully saturated rings. The van der Waals surface area contributed by atoms with Crippen LogP contribution in [0.5, 0.6) is 0 Å². The van der Waals surface area contributed by atoms with Gasteiger partial charge < -0.3 is 0 Å². The zero-order chi connectivity index (χ0) is 12.3. The summed E-state index contributed by atoms with van der Waals surface area (Å²) in [5.74, 6) is -0.0781. The van der Waals surface area contributed by atoms with Crippen LogP contribution in [0.15, 0.2) is 27.6 Å². The molecule has 0 saturated carbocycles. The average Bonchev–Trinajstić information content (AvgIpc) is 2.16. The summed E-state index contributed by atoms with van der Waals surface area (Å²) in [6, 6.07) is 4.76. The third-order valence-corrected chi connectivity index (χ3v) is 4.03. The Balaban J connectivity index is 3.34. The number of ketones is 1. The van der Waals surface area contributed by atoms with E-state index in [1.165, 1.54) is 20.0 Å². The maximum Gasteiger partial charge on any atom is 0.240 e. The lowest BCUT2D eigenvalue weighted by atomic mass is 10.1. The number of hydrogen-bond acceptors (Lipinski definition) is 3. The van der Waals surface area contributed by atoms with Gasteiger partial charge in [0, 0.05) is 10.9 Å². The molecule has 88 valence electrons. The monoisotopic (exact) mass is 305 g/mol. The van der Waals surface area contributed by atoms with Crippen LogP contribution in [0.1, 0.15) is 12.5 Å². The number of Topliss-reactive ketones (excluding diaryl/α,β-unsaturated/α-hetero) is 1. The lowest BCUT2D eigenvalue weighted by molar-refractivity contribution is -0.116. The second kappa shape index (κ2) is 5.07. The first-order valence-electron chi connectivity index (χ1n) is 4.58. The highest BCUT2D eigenvalue weighted by atomic mass is 79.9. The van der Waals surface area contributed by atoms with Crippen LogP contribution in [-0.2, 0) is 21.2 Å². The Morgan fingerprint density at radius 3 is 2.56 bits per heavy atom. The third-order valence-electron chi connectivity index (χ3n) is 2.02. The molecule has 0 aliphatic rings. The molecule has 1 N–H and O–H groups in total. The van der Waals surface area contributed by atoms with Crippen LogP contribution < -0.4 is 4.72 Å². The lowest BCUT2D eigenvalue weighted by Crippen LogP contribution is -2.20. The first kappa shape index (κ1) is 13.3. The van der Waals surface area contributed by atoms with Crippen LogP contribution in [0.4, 0.5) is 0 Å². The molecule has 0 heterocycles. The van der Waals surface area contributed by atoms with Crippen molar-refractivity contribution in [3.8, 4) is 0 Å². The fourth-order valence-electron chi connectivity index (χ4n) is 1.33. The predicted octanol–water partition coefficient (Wildman–Crippen LogP) is 1.49. The van der Waals surface area contributed by atoms with E-state index < -0.39 is 10.0 Å². The van der Waals surface area contributed by atoms with Crippen LogP contribution in [0, 0.1) is 0 Å². The van der Waals surface area contributed by atoms with E-state index in [1.54, 1.807) is 12.1 Å². The molecule has 1 rings (SSSR count). The van der Waals surface area contributed by atoms with Crippen molar-refractivity contribution in [2.45, 2.75) is 18.2 Å². The Morgan fingerprint density at radius 2 is 2.06 bits per heavy atom. The quantitative estimate of drug-likeness (QED) is 0.916.